The van der Waals surface area contributed by atoms with E-state index in [9.17, 15) is 48.6 Å². The van der Waals surface area contributed by atoms with E-state index in [-0.39, 0.29) is 84.9 Å². The molecule has 4 aromatic rings. The smallest absolute Gasteiger partial charge is 0.325 e. The van der Waals surface area contributed by atoms with Crippen LogP contribution in [-0.2, 0) is 84.9 Å². The molecule has 502 valence electrons. The van der Waals surface area contributed by atoms with Gasteiger partial charge in [-0.2, -0.15) is 0 Å². The van der Waals surface area contributed by atoms with Crippen LogP contribution in [0.2, 0.25) is 0 Å². The van der Waals surface area contributed by atoms with Crippen molar-refractivity contribution >= 4 is 53.3 Å². The van der Waals surface area contributed by atoms with Gasteiger partial charge in [0.15, 0.2) is 0 Å². The minimum absolute atomic E-state index is 0.0135. The van der Waals surface area contributed by atoms with Crippen molar-refractivity contribution in [1.29, 1.82) is 0 Å². The predicted octanol–water partition coefficient (Wildman–Crippen LogP) is 8.63. The van der Waals surface area contributed by atoms with Crippen LogP contribution in [0, 0.1) is 35.5 Å². The maximum Gasteiger partial charge on any atom is 0.325 e. The molecule has 4 heterocycles. The van der Waals surface area contributed by atoms with E-state index in [2.05, 4.69) is 70.1 Å². The molecule has 0 spiro atoms. The number of nitrogens with zero attached hydrogens (tertiary/aromatic N) is 2. The van der Waals surface area contributed by atoms with E-state index in [1.807, 2.05) is 59.8 Å². The molecule has 2 fully saturated rings. The molecule has 0 saturated carbocycles. The molecule has 11 atom stereocenters. The number of esters is 2. The van der Waals surface area contributed by atoms with Gasteiger partial charge in [-0.1, -0.05) is 128 Å². The number of ether oxygens (including phenoxy) is 3. The number of rotatable bonds is 7. The first-order valence-electron chi connectivity index (χ1n) is 33.5. The van der Waals surface area contributed by atoms with Crippen molar-refractivity contribution < 1.29 is 62.8 Å². The highest BCUT2D eigenvalue weighted by Gasteiger charge is 2.40. The number of hydrogen-bond donors (Lipinski definition) is 7. The number of carbonyl (C=O) groups is 8. The van der Waals surface area contributed by atoms with Gasteiger partial charge in [0.25, 0.3) is 11.8 Å². The molecule has 7 N–H and O–H groups in total. The van der Waals surface area contributed by atoms with Crippen molar-refractivity contribution in [1.82, 2.24) is 36.8 Å². The third-order valence-corrected chi connectivity index (χ3v) is 19.0. The highest BCUT2D eigenvalue weighted by Crippen LogP contribution is 2.36. The van der Waals surface area contributed by atoms with Gasteiger partial charge in [0.2, 0.25) is 17.7 Å². The monoisotopic (exact) mass is 1280 g/mol. The number of cyclic esters (lactones) is 1. The summed E-state index contributed by atoms with van der Waals surface area (Å²) in [7, 11) is 1.60. The average Bonchev–Trinajstić information content (AvgIpc) is 1.80. The molecule has 5 amide bonds. The molecule has 4 aliphatic heterocycles. The van der Waals surface area contributed by atoms with Gasteiger partial charge in [-0.3, -0.25) is 48.4 Å². The van der Waals surface area contributed by atoms with Crippen LogP contribution in [0.3, 0.4) is 0 Å². The molecule has 8 bridgehead atoms. The summed E-state index contributed by atoms with van der Waals surface area (Å²) in [5.74, 6) is -4.41. The molecule has 0 aromatic heterocycles. The quantitative estimate of drug-likeness (QED) is 0.0854. The van der Waals surface area contributed by atoms with Gasteiger partial charge < -0.3 is 40.4 Å². The minimum Gasteiger partial charge on any atom is -0.508 e. The maximum atomic E-state index is 14.1. The molecular weight excluding hydrogens is 1180 g/mol. The second-order valence-electron chi connectivity index (χ2n) is 26.7. The SMILES string of the molecule is CC(C)[C@@H]1NC(=O)[C@H](C)[C@H](C)CCCCc2cccc(c2)COC(=O)[C@@H]2CCCN(N2)C(=O)[C@H](Cc2cccc(O)c2)NC1=O.CO[C@@H]1CC/C=C/c2ccc3c(c2)[C@@H](CC3)OC(=O)[C@@H]2CCCN(N2)C(=O)[C@H](Cc2cccc(O)c2)NC(=O)[C@H](C(C)C)CC(=O)[C@@H]1C. The highest BCUT2D eigenvalue weighted by molar-refractivity contribution is 5.94. The number of aromatic hydroxyl groups is 2. The highest BCUT2D eigenvalue weighted by atomic mass is 16.5. The molecule has 1 aliphatic carbocycles. The van der Waals surface area contributed by atoms with Crippen LogP contribution in [0.15, 0.2) is 97.1 Å². The van der Waals surface area contributed by atoms with Crippen molar-refractivity contribution in [3.63, 3.8) is 0 Å². The summed E-state index contributed by atoms with van der Waals surface area (Å²) in [6.45, 7) is 14.1. The number of phenolic OH excluding ortho intramolecular Hbond substituents is 2. The third-order valence-electron chi connectivity index (χ3n) is 19.0. The lowest BCUT2D eigenvalue weighted by Crippen LogP contribution is -2.62. The summed E-state index contributed by atoms with van der Waals surface area (Å²) in [5.41, 5.74) is 12.7. The van der Waals surface area contributed by atoms with Crippen LogP contribution >= 0.6 is 0 Å². The van der Waals surface area contributed by atoms with Crippen molar-refractivity contribution in [3.8, 4) is 11.5 Å². The number of phenols is 2. The maximum absolute atomic E-state index is 14.1. The Labute approximate surface area is 547 Å². The van der Waals surface area contributed by atoms with Crippen molar-refractivity contribution in [3.05, 3.63) is 136 Å². The van der Waals surface area contributed by atoms with Gasteiger partial charge in [-0.25, -0.2) is 10.9 Å². The number of aryl methyl sites for hydroxylation is 2. The zero-order valence-electron chi connectivity index (χ0n) is 55.3. The van der Waals surface area contributed by atoms with Crippen LogP contribution < -0.4 is 26.8 Å². The Balaban J connectivity index is 0.000000240. The van der Waals surface area contributed by atoms with Gasteiger partial charge in [0, 0.05) is 57.2 Å². The Morgan fingerprint density at radius 2 is 1.22 bits per heavy atom. The Bertz CT molecular complexity index is 3300. The van der Waals surface area contributed by atoms with Crippen molar-refractivity contribution in [2.24, 2.45) is 35.5 Å². The largest absolute Gasteiger partial charge is 0.508 e. The lowest BCUT2D eigenvalue weighted by atomic mass is 9.84. The van der Waals surface area contributed by atoms with Crippen LogP contribution in [0.4, 0.5) is 0 Å². The van der Waals surface area contributed by atoms with E-state index in [1.165, 1.54) is 21.6 Å². The number of benzene rings is 4. The Hall–Kier alpha value is -7.94. The first-order valence-corrected chi connectivity index (χ1v) is 33.5. The minimum atomic E-state index is -1.02. The fraction of sp³-hybridized carbons (Fsp3) is 0.534. The van der Waals surface area contributed by atoms with E-state index in [0.29, 0.717) is 69.2 Å². The molecular formula is C73H97N7O13. The standard InChI is InChI=1S/C38H49N3O7.C35H48N4O6/c1-23(2)29-22-33(43)24(3)34(47-4)13-6-5-9-25-14-15-27-16-17-35(30(27)20-25)48-38(46)31-12-8-18-41(40-31)37(45)32(39-36(29)44)21-26-10-7-11-28(42)19-26;1-22(2)31-33(42)36-30(20-26-13-8-15-28(40)19-26)34(43)39-17-9-16-29(38-39)35(44)45-21-27-14-7-12-25(18-27)11-6-5-10-23(3)24(4)32(41)37-31/h5,7,9-11,14-15,19-20,23-24,29,31-32,34-35,40,42H,6,8,12-13,16-18,21-22H2,1-4H3,(H,39,44);7-8,12-15,18-19,22-24,29-31,38,40H,5-6,9-11,16-17,20-21H2,1-4H3,(H,36,42)(H,37,41)/b9-5+;/t24-,29-,31-,32-,34+,35+;23-,24-,29+,30+,31+/m01/s1. The molecule has 93 heavy (non-hydrogen) atoms. The predicted molar refractivity (Wildman–Crippen MR) is 352 cm³/mol. The molecule has 0 unspecified atom stereocenters. The average molecular weight is 1280 g/mol. The topological polar surface area (TPSA) is 271 Å². The summed E-state index contributed by atoms with van der Waals surface area (Å²) in [6, 6.07) is 23.0. The molecule has 2 saturated heterocycles. The lowest BCUT2D eigenvalue weighted by Gasteiger charge is -2.36. The Kier molecular flexibility index (Phi) is 25.7. The van der Waals surface area contributed by atoms with E-state index in [1.54, 1.807) is 49.6 Å². The lowest BCUT2D eigenvalue weighted by molar-refractivity contribution is -0.158. The fourth-order valence-corrected chi connectivity index (χ4v) is 13.0. The second-order valence-corrected chi connectivity index (χ2v) is 26.7. The zero-order valence-corrected chi connectivity index (χ0v) is 55.3. The number of fused-ring (bicyclic) bond motifs is 7. The van der Waals surface area contributed by atoms with Crippen LogP contribution in [0.1, 0.15) is 164 Å². The third kappa shape index (κ3) is 19.8. The van der Waals surface area contributed by atoms with Gasteiger partial charge >= 0.3 is 11.9 Å². The zero-order chi connectivity index (χ0) is 66.9. The Morgan fingerprint density at radius 1 is 0.602 bits per heavy atom. The van der Waals surface area contributed by atoms with Crippen molar-refractivity contribution in [2.75, 3.05) is 20.2 Å². The first kappa shape index (κ1) is 70.9. The van der Waals surface area contributed by atoms with Gasteiger partial charge in [-0.15, -0.1) is 0 Å². The number of hydrogen-bond acceptors (Lipinski definition) is 15. The number of nitrogens with one attached hydrogen (secondary N) is 5. The summed E-state index contributed by atoms with van der Waals surface area (Å²) >= 11 is 0. The number of Topliss-reactive ketones (excluding diaryl/α,β-unsaturated/α-hetero) is 1. The van der Waals surface area contributed by atoms with E-state index >= 15 is 0 Å². The molecule has 5 aliphatic rings. The summed E-state index contributed by atoms with van der Waals surface area (Å²) in [4.78, 5) is 109. The van der Waals surface area contributed by atoms with E-state index in [4.69, 9.17) is 14.2 Å². The number of allylic oxidation sites excluding steroid dienone is 1. The molecule has 9 rings (SSSR count). The molecule has 20 nitrogen and oxygen atoms in total. The van der Waals surface area contributed by atoms with Crippen molar-refractivity contribution in [2.45, 2.75) is 194 Å². The van der Waals surface area contributed by atoms with Gasteiger partial charge in [0.1, 0.15) is 60.2 Å². The first-order chi connectivity index (χ1) is 44.5. The fourth-order valence-electron chi connectivity index (χ4n) is 13.0. The van der Waals surface area contributed by atoms with Gasteiger partial charge in [0.05, 0.1) is 6.10 Å². The summed E-state index contributed by atoms with van der Waals surface area (Å²) in [6.07, 6.45) is 12.3. The van der Waals surface area contributed by atoms with Crippen LogP contribution in [0.5, 0.6) is 11.5 Å². The number of amides is 5. The summed E-state index contributed by atoms with van der Waals surface area (Å²) < 4.78 is 17.5. The molecule has 4 aromatic carbocycles. The van der Waals surface area contributed by atoms with E-state index < -0.39 is 77.6 Å². The number of ketones is 1. The molecule has 0 radical (unpaired) electrons. The molecule has 20 heteroatoms. The van der Waals surface area contributed by atoms with Gasteiger partial charge in [-0.05, 0) is 158 Å². The number of carbonyl (C=O) groups excluding carboxylic acids is 8. The summed E-state index contributed by atoms with van der Waals surface area (Å²) in [5, 5.41) is 31.7. The Morgan fingerprint density at radius 3 is 1.83 bits per heavy atom. The number of hydrazine groups is 2. The second kappa shape index (κ2) is 33.8. The van der Waals surface area contributed by atoms with Crippen LogP contribution in [-0.4, -0.2) is 124 Å². The number of methoxy groups -OCH3 is 1. The normalized spacial score (nSPS) is 27.3. The van der Waals surface area contributed by atoms with E-state index in [0.717, 1.165) is 54.4 Å². The van der Waals surface area contributed by atoms with Crippen LogP contribution in [0.25, 0.3) is 6.08 Å².